The summed E-state index contributed by atoms with van der Waals surface area (Å²) in [5.41, 5.74) is 4.47. The van der Waals surface area contributed by atoms with E-state index in [1.54, 1.807) is 16.8 Å². The number of aromatic nitrogens is 2. The third-order valence-corrected chi connectivity index (χ3v) is 7.11. The minimum Gasteiger partial charge on any atom is -0.494 e. The van der Waals surface area contributed by atoms with Crippen LogP contribution in [0.1, 0.15) is 28.0 Å². The molecule has 38 heavy (non-hydrogen) atoms. The van der Waals surface area contributed by atoms with Gasteiger partial charge in [0.2, 0.25) is 0 Å². The smallest absolute Gasteiger partial charge is 0.359 e. The average Bonchev–Trinajstić information content (AvgIpc) is 3.23. The number of fused-ring (bicyclic) bond motifs is 1. The van der Waals surface area contributed by atoms with Gasteiger partial charge in [0.25, 0.3) is 10.1 Å². The van der Waals surface area contributed by atoms with Gasteiger partial charge in [-0.1, -0.05) is 72.8 Å². The summed E-state index contributed by atoms with van der Waals surface area (Å²) >= 11 is 0. The molecule has 1 atom stereocenters. The summed E-state index contributed by atoms with van der Waals surface area (Å²) in [6.45, 7) is 0.155. The molecule has 194 valence electrons. The normalized spacial score (nSPS) is 14.7. The Hall–Kier alpha value is -4.08. The Kier molecular flexibility index (Phi) is 7.48. The van der Waals surface area contributed by atoms with Crippen molar-refractivity contribution in [1.29, 1.82) is 0 Å². The summed E-state index contributed by atoms with van der Waals surface area (Å²) in [6, 6.07) is 26.7. The Morgan fingerprint density at radius 2 is 1.66 bits per heavy atom. The summed E-state index contributed by atoms with van der Waals surface area (Å²) in [7, 11) is -4.01. The number of benzene rings is 3. The van der Waals surface area contributed by atoms with Gasteiger partial charge >= 0.3 is 11.7 Å². The van der Waals surface area contributed by atoms with Crippen LogP contribution in [0.25, 0.3) is 11.3 Å². The van der Waals surface area contributed by atoms with Gasteiger partial charge in [-0.2, -0.15) is 13.0 Å². The number of hydrogen-bond donors (Lipinski definition) is 2. The number of ether oxygens (including phenoxy) is 1. The van der Waals surface area contributed by atoms with Crippen molar-refractivity contribution in [2.45, 2.75) is 25.3 Å². The van der Waals surface area contributed by atoms with Gasteiger partial charge in [-0.15, -0.1) is 0 Å². The molecule has 2 heterocycles. The van der Waals surface area contributed by atoms with E-state index in [9.17, 15) is 13.2 Å². The first kappa shape index (κ1) is 25.6. The Balaban J connectivity index is 1.37. The largest absolute Gasteiger partial charge is 0.494 e. The fourth-order valence-electron chi connectivity index (χ4n) is 4.50. The molecule has 0 spiro atoms. The molecule has 0 amide bonds. The van der Waals surface area contributed by atoms with Crippen molar-refractivity contribution in [2.24, 2.45) is 0 Å². The van der Waals surface area contributed by atoms with Crippen LogP contribution < -0.4 is 14.6 Å². The van der Waals surface area contributed by atoms with E-state index >= 15 is 0 Å². The molecule has 0 aliphatic carbocycles. The van der Waals surface area contributed by atoms with Gasteiger partial charge < -0.3 is 4.74 Å². The van der Waals surface area contributed by atoms with Gasteiger partial charge in [0.15, 0.2) is 6.04 Å². The highest BCUT2D eigenvalue weighted by molar-refractivity contribution is 7.85. The van der Waals surface area contributed by atoms with Crippen LogP contribution in [-0.2, 0) is 23.0 Å². The third kappa shape index (κ3) is 6.24. The van der Waals surface area contributed by atoms with Crippen LogP contribution >= 0.6 is 0 Å². The lowest BCUT2D eigenvalue weighted by atomic mass is 10.1. The second-order valence-corrected chi connectivity index (χ2v) is 10.8. The topological polar surface area (TPSA) is 109 Å². The maximum absolute atomic E-state index is 13.5. The quantitative estimate of drug-likeness (QED) is 0.181. The van der Waals surface area contributed by atoms with Crippen molar-refractivity contribution in [3.05, 3.63) is 108 Å². The van der Waals surface area contributed by atoms with E-state index in [4.69, 9.17) is 14.3 Å². The zero-order valence-electron chi connectivity index (χ0n) is 20.7. The van der Waals surface area contributed by atoms with Gasteiger partial charge in [0, 0.05) is 18.4 Å². The van der Waals surface area contributed by atoms with Crippen LogP contribution in [0.5, 0.6) is 5.75 Å². The number of hydrogen-bond acceptors (Lipinski definition) is 6. The molecule has 2 N–H and O–H groups in total. The molecule has 4 aromatic rings. The minimum atomic E-state index is -4.01. The maximum Gasteiger partial charge on any atom is 0.359 e. The van der Waals surface area contributed by atoms with Gasteiger partial charge in [-0.05, 0) is 29.7 Å². The lowest BCUT2D eigenvalue weighted by molar-refractivity contribution is -0.552. The van der Waals surface area contributed by atoms with Crippen LogP contribution in [0.3, 0.4) is 0 Å². The van der Waals surface area contributed by atoms with Crippen molar-refractivity contribution in [3.63, 3.8) is 0 Å². The van der Waals surface area contributed by atoms with E-state index in [2.05, 4.69) is 5.32 Å². The lowest BCUT2D eigenvalue weighted by Gasteiger charge is -2.09. The van der Waals surface area contributed by atoms with Gasteiger partial charge in [0.1, 0.15) is 23.3 Å². The third-order valence-electron chi connectivity index (χ3n) is 6.31. The monoisotopic (exact) mass is 530 g/mol. The minimum absolute atomic E-state index is 0.0617. The molecule has 1 aliphatic heterocycles. The molecule has 0 saturated carbocycles. The average molecular weight is 531 g/mol. The standard InChI is InChI=1S/C29H27N3O5S/c33-29-26(19-22-11-7-14-24(17-22)37-15-8-16-38(34,35)36)31-28-25(18-21-9-3-1-4-10-21)30-27(20-32(28)29)23-12-5-2-6-13-23/h1-7,9-14,17,20,26H,8,15-16,18-19H2,(H,34,35,36)/p+1. The number of nitrogens with zero attached hydrogens (tertiary/aromatic N) is 2. The molecule has 0 radical (unpaired) electrons. The van der Waals surface area contributed by atoms with E-state index in [1.165, 1.54) is 0 Å². The van der Waals surface area contributed by atoms with Crippen LogP contribution in [0.4, 0.5) is 5.82 Å². The first-order valence-electron chi connectivity index (χ1n) is 12.4. The first-order valence-corrected chi connectivity index (χ1v) is 14.0. The molecule has 1 aliphatic rings. The molecule has 5 rings (SSSR count). The first-order chi connectivity index (χ1) is 18.4. The molecule has 0 saturated heterocycles. The summed E-state index contributed by atoms with van der Waals surface area (Å²) in [4.78, 5) is 18.5. The predicted octanol–water partition coefficient (Wildman–Crippen LogP) is 3.96. The van der Waals surface area contributed by atoms with Gasteiger partial charge in [0.05, 0.1) is 12.4 Å². The van der Waals surface area contributed by atoms with E-state index in [0.29, 0.717) is 24.4 Å². The number of rotatable bonds is 10. The molecule has 1 aromatic heterocycles. The van der Waals surface area contributed by atoms with E-state index in [1.807, 2.05) is 78.9 Å². The van der Waals surface area contributed by atoms with Crippen LogP contribution in [0, 0.1) is 0 Å². The summed E-state index contributed by atoms with van der Waals surface area (Å²) in [5, 5.41) is 3.40. The molecule has 9 heteroatoms. The Morgan fingerprint density at radius 1 is 0.947 bits per heavy atom. The Morgan fingerprint density at radius 3 is 2.39 bits per heavy atom. The fourth-order valence-corrected chi connectivity index (χ4v) is 4.99. The Labute approximate surface area is 221 Å². The highest BCUT2D eigenvalue weighted by Gasteiger charge is 2.41. The molecule has 1 unspecified atom stereocenters. The van der Waals surface area contributed by atoms with Crippen molar-refractivity contribution >= 4 is 21.8 Å². The van der Waals surface area contributed by atoms with Crippen LogP contribution in [0.2, 0.25) is 0 Å². The molecular weight excluding hydrogens is 502 g/mol. The summed E-state index contributed by atoms with van der Waals surface area (Å²) in [5.74, 6) is 0.855. The molecule has 0 bridgehead atoms. The fraction of sp³-hybridized carbons (Fsp3) is 0.207. The van der Waals surface area contributed by atoms with Crippen LogP contribution in [-0.4, -0.2) is 42.3 Å². The van der Waals surface area contributed by atoms with Crippen molar-refractivity contribution in [3.8, 4) is 17.0 Å². The second-order valence-electron chi connectivity index (χ2n) is 9.19. The van der Waals surface area contributed by atoms with Crippen molar-refractivity contribution in [1.82, 2.24) is 4.98 Å². The number of carbonyl (C=O) groups excluding carboxylic acids is 1. The van der Waals surface area contributed by atoms with Gasteiger partial charge in [-0.3, -0.25) is 9.87 Å². The highest BCUT2D eigenvalue weighted by atomic mass is 32.2. The maximum atomic E-state index is 13.5. The van der Waals surface area contributed by atoms with E-state index in [-0.39, 0.29) is 24.7 Å². The molecule has 0 fully saturated rings. The molecule has 8 nitrogen and oxygen atoms in total. The number of anilines is 1. The van der Waals surface area contributed by atoms with E-state index < -0.39 is 16.2 Å². The summed E-state index contributed by atoms with van der Waals surface area (Å²) in [6.07, 6.45) is 2.99. The Bertz CT molecular complexity index is 1540. The van der Waals surface area contributed by atoms with Gasteiger partial charge in [-0.25, -0.2) is 9.78 Å². The van der Waals surface area contributed by atoms with Crippen molar-refractivity contribution in [2.75, 3.05) is 17.7 Å². The van der Waals surface area contributed by atoms with E-state index in [0.717, 1.165) is 28.1 Å². The number of carbonyl (C=O) groups is 1. The molecular formula is C29H28N3O5S+. The molecule has 3 aromatic carbocycles. The zero-order chi connectivity index (χ0) is 26.5. The predicted molar refractivity (Wildman–Crippen MR) is 144 cm³/mol. The second kappa shape index (κ2) is 11.1. The lowest BCUT2D eigenvalue weighted by Crippen LogP contribution is -2.44. The summed E-state index contributed by atoms with van der Waals surface area (Å²) < 4.78 is 38.0. The number of nitrogens with one attached hydrogen (secondary N) is 1. The van der Waals surface area contributed by atoms with Crippen molar-refractivity contribution < 1.29 is 27.1 Å². The highest BCUT2D eigenvalue weighted by Crippen LogP contribution is 2.25. The van der Waals surface area contributed by atoms with Crippen LogP contribution in [0.15, 0.2) is 91.1 Å². The SMILES string of the molecule is O=C1C(Cc2cccc(OCCCS(=O)(=O)O)c2)Nc2c(Cc3ccccc3)nc(-c3ccccc3)c[n+]21. The zero-order valence-corrected chi connectivity index (χ0v) is 21.5.